The number of alkyl carbamates (subject to hydrolysis) is 1. The molecule has 2 amide bonds. The topological polar surface area (TPSA) is 105 Å². The lowest BCUT2D eigenvalue weighted by Gasteiger charge is -2.61. The van der Waals surface area contributed by atoms with Gasteiger partial charge < -0.3 is 24.8 Å². The Morgan fingerprint density at radius 2 is 1.75 bits per heavy atom. The van der Waals surface area contributed by atoms with E-state index in [9.17, 15) is 19.5 Å². The second-order valence-electron chi connectivity index (χ2n) is 8.76. The summed E-state index contributed by atoms with van der Waals surface area (Å²) in [5.74, 6) is -1.09. The molecular formula is C20H26N2O6. The zero-order valence-corrected chi connectivity index (χ0v) is 16.4. The van der Waals surface area contributed by atoms with Crippen molar-refractivity contribution in [2.24, 2.45) is 5.41 Å². The first kappa shape index (κ1) is 20.0. The number of nitrogens with one attached hydrogen (secondary N) is 1. The SMILES string of the molecule is CC(C)(C)OC(=O)N1CC2(C1)CC(NC(=O)OCc1ccccc1)(C(=O)O)C2. The van der Waals surface area contributed by atoms with Crippen LogP contribution in [0, 0.1) is 5.41 Å². The fourth-order valence-corrected chi connectivity index (χ4v) is 3.92. The molecule has 0 bridgehead atoms. The molecule has 8 heteroatoms. The number of aliphatic carboxylic acids is 1. The summed E-state index contributed by atoms with van der Waals surface area (Å²) in [4.78, 5) is 37.5. The van der Waals surface area contributed by atoms with Crippen LogP contribution in [0.2, 0.25) is 0 Å². The highest BCUT2D eigenvalue weighted by atomic mass is 16.6. The molecule has 0 aromatic heterocycles. The molecule has 1 aliphatic heterocycles. The second-order valence-corrected chi connectivity index (χ2v) is 8.76. The van der Waals surface area contributed by atoms with Crippen molar-refractivity contribution < 1.29 is 29.0 Å². The normalized spacial score (nSPS) is 19.2. The molecule has 2 N–H and O–H groups in total. The van der Waals surface area contributed by atoms with E-state index in [0.717, 1.165) is 5.56 Å². The van der Waals surface area contributed by atoms with Gasteiger partial charge in [0, 0.05) is 18.5 Å². The van der Waals surface area contributed by atoms with E-state index in [0.29, 0.717) is 13.1 Å². The lowest BCUT2D eigenvalue weighted by molar-refractivity contribution is -0.168. The molecule has 1 heterocycles. The van der Waals surface area contributed by atoms with Crippen LogP contribution in [0.5, 0.6) is 0 Å². The van der Waals surface area contributed by atoms with Gasteiger partial charge in [0.2, 0.25) is 0 Å². The first-order chi connectivity index (χ1) is 13.0. The van der Waals surface area contributed by atoms with Gasteiger partial charge in [-0.3, -0.25) is 0 Å². The van der Waals surface area contributed by atoms with Crippen LogP contribution < -0.4 is 5.32 Å². The molecule has 2 fully saturated rings. The van der Waals surface area contributed by atoms with Gasteiger partial charge in [-0.1, -0.05) is 30.3 Å². The maximum Gasteiger partial charge on any atom is 0.410 e. The summed E-state index contributed by atoms with van der Waals surface area (Å²) in [6.45, 7) is 6.31. The number of amides is 2. The van der Waals surface area contributed by atoms with Crippen molar-refractivity contribution in [3.05, 3.63) is 35.9 Å². The van der Waals surface area contributed by atoms with E-state index >= 15 is 0 Å². The minimum absolute atomic E-state index is 0.0694. The summed E-state index contributed by atoms with van der Waals surface area (Å²) in [6, 6.07) is 9.16. The van der Waals surface area contributed by atoms with Gasteiger partial charge in [0.25, 0.3) is 0 Å². The number of rotatable bonds is 4. The molecule has 1 spiro atoms. The molecule has 0 unspecified atom stereocenters. The number of carbonyl (C=O) groups is 3. The molecule has 8 nitrogen and oxygen atoms in total. The van der Waals surface area contributed by atoms with Crippen LogP contribution in [-0.2, 0) is 20.9 Å². The predicted octanol–water partition coefficient (Wildman–Crippen LogP) is 2.77. The Balaban J connectivity index is 1.50. The van der Waals surface area contributed by atoms with Gasteiger partial charge in [0.05, 0.1) is 0 Å². The lowest BCUT2D eigenvalue weighted by Crippen LogP contribution is -2.75. The van der Waals surface area contributed by atoms with Gasteiger partial charge in [-0.05, 0) is 39.2 Å². The minimum atomic E-state index is -1.35. The molecule has 28 heavy (non-hydrogen) atoms. The van der Waals surface area contributed by atoms with E-state index < -0.39 is 29.3 Å². The molecule has 152 valence electrons. The highest BCUT2D eigenvalue weighted by molar-refractivity contribution is 5.86. The van der Waals surface area contributed by atoms with Crippen molar-refractivity contribution >= 4 is 18.2 Å². The van der Waals surface area contributed by atoms with Crippen molar-refractivity contribution in [3.8, 4) is 0 Å². The molecule has 1 aliphatic carbocycles. The standard InChI is InChI=1S/C20H26N2O6/c1-18(2,3)28-17(26)22-12-19(13-22)10-20(11-19,15(23)24)21-16(25)27-9-14-7-5-4-6-8-14/h4-8H,9-13H2,1-3H3,(H,21,25)(H,23,24). The molecule has 0 radical (unpaired) electrons. The average molecular weight is 390 g/mol. The fraction of sp³-hybridized carbons (Fsp3) is 0.550. The zero-order valence-electron chi connectivity index (χ0n) is 16.4. The van der Waals surface area contributed by atoms with Gasteiger partial charge in [-0.2, -0.15) is 0 Å². The Hall–Kier alpha value is -2.77. The number of hydrogen-bond acceptors (Lipinski definition) is 5. The lowest BCUT2D eigenvalue weighted by atomic mass is 9.53. The summed E-state index contributed by atoms with van der Waals surface area (Å²) < 4.78 is 10.5. The maximum absolute atomic E-state index is 12.1. The summed E-state index contributed by atoms with van der Waals surface area (Å²) in [5.41, 5.74) is -1.40. The molecule has 1 saturated heterocycles. The van der Waals surface area contributed by atoms with Crippen LogP contribution in [0.4, 0.5) is 9.59 Å². The third-order valence-corrected chi connectivity index (χ3v) is 5.02. The van der Waals surface area contributed by atoms with Crippen LogP contribution >= 0.6 is 0 Å². The van der Waals surface area contributed by atoms with E-state index in [1.54, 1.807) is 25.7 Å². The van der Waals surface area contributed by atoms with Crippen molar-refractivity contribution in [1.82, 2.24) is 10.2 Å². The Labute approximate surface area is 163 Å². The van der Waals surface area contributed by atoms with E-state index in [1.165, 1.54) is 0 Å². The summed E-state index contributed by atoms with van der Waals surface area (Å²) >= 11 is 0. The number of carboxylic acid groups (broad SMARTS) is 1. The Kier molecular flexibility index (Phi) is 4.99. The number of carbonyl (C=O) groups excluding carboxylic acids is 2. The van der Waals surface area contributed by atoms with Crippen LogP contribution in [-0.4, -0.2) is 52.4 Å². The number of ether oxygens (including phenoxy) is 2. The van der Waals surface area contributed by atoms with Crippen molar-refractivity contribution in [2.45, 2.75) is 51.4 Å². The summed E-state index contributed by atoms with van der Waals surface area (Å²) in [7, 11) is 0. The van der Waals surface area contributed by atoms with E-state index in [2.05, 4.69) is 5.32 Å². The van der Waals surface area contributed by atoms with Gasteiger partial charge in [-0.15, -0.1) is 0 Å². The third-order valence-electron chi connectivity index (χ3n) is 5.02. The number of hydrogen-bond donors (Lipinski definition) is 2. The van der Waals surface area contributed by atoms with E-state index in [1.807, 2.05) is 30.3 Å². The van der Waals surface area contributed by atoms with Crippen LogP contribution in [0.15, 0.2) is 30.3 Å². The predicted molar refractivity (Wildman–Crippen MR) is 99.6 cm³/mol. The van der Waals surface area contributed by atoms with Crippen molar-refractivity contribution in [3.63, 3.8) is 0 Å². The average Bonchev–Trinajstić information content (AvgIpc) is 2.52. The van der Waals surface area contributed by atoms with Gasteiger partial charge in [0.15, 0.2) is 0 Å². The number of carboxylic acids is 1. The van der Waals surface area contributed by atoms with Crippen LogP contribution in [0.3, 0.4) is 0 Å². The number of likely N-dealkylation sites (tertiary alicyclic amines) is 1. The molecule has 1 aromatic carbocycles. The highest BCUT2D eigenvalue weighted by Gasteiger charge is 2.65. The minimum Gasteiger partial charge on any atom is -0.480 e. The first-order valence-corrected chi connectivity index (χ1v) is 9.23. The van der Waals surface area contributed by atoms with Gasteiger partial charge in [0.1, 0.15) is 17.7 Å². The molecule has 0 atom stereocenters. The van der Waals surface area contributed by atoms with E-state index in [4.69, 9.17) is 9.47 Å². The smallest absolute Gasteiger partial charge is 0.410 e. The van der Waals surface area contributed by atoms with Crippen molar-refractivity contribution in [2.75, 3.05) is 13.1 Å². The molecule has 3 rings (SSSR count). The fourth-order valence-electron chi connectivity index (χ4n) is 3.92. The Morgan fingerprint density at radius 3 is 2.29 bits per heavy atom. The number of benzene rings is 1. The van der Waals surface area contributed by atoms with E-state index in [-0.39, 0.29) is 24.9 Å². The Morgan fingerprint density at radius 1 is 1.14 bits per heavy atom. The van der Waals surface area contributed by atoms with Gasteiger partial charge in [-0.25, -0.2) is 14.4 Å². The summed E-state index contributed by atoms with van der Waals surface area (Å²) in [5, 5.41) is 12.1. The van der Waals surface area contributed by atoms with Crippen molar-refractivity contribution in [1.29, 1.82) is 0 Å². The molecule has 2 aliphatic rings. The van der Waals surface area contributed by atoms with Crippen LogP contribution in [0.1, 0.15) is 39.2 Å². The van der Waals surface area contributed by atoms with Crippen LogP contribution in [0.25, 0.3) is 0 Å². The largest absolute Gasteiger partial charge is 0.480 e. The highest BCUT2D eigenvalue weighted by Crippen LogP contribution is 2.54. The molecule has 1 saturated carbocycles. The third kappa shape index (κ3) is 4.21. The monoisotopic (exact) mass is 390 g/mol. The molecular weight excluding hydrogens is 364 g/mol. The Bertz CT molecular complexity index is 757. The van der Waals surface area contributed by atoms with Gasteiger partial charge >= 0.3 is 18.2 Å². The molecule has 1 aromatic rings. The maximum atomic E-state index is 12.1. The first-order valence-electron chi connectivity index (χ1n) is 9.23. The second kappa shape index (κ2) is 7.00. The summed E-state index contributed by atoms with van der Waals surface area (Å²) in [6.07, 6.45) is -0.643. The quantitative estimate of drug-likeness (QED) is 0.819. The zero-order chi connectivity index (χ0) is 20.6. The number of nitrogens with zero attached hydrogens (tertiary/aromatic N) is 1.